The van der Waals surface area contributed by atoms with Gasteiger partial charge in [0.05, 0.1) is 18.8 Å². The molecular formula is C17H23NO4S. The maximum atomic E-state index is 12.3. The van der Waals surface area contributed by atoms with Crippen LogP contribution in [-0.2, 0) is 19.5 Å². The van der Waals surface area contributed by atoms with Gasteiger partial charge in [0, 0.05) is 18.6 Å². The van der Waals surface area contributed by atoms with Gasteiger partial charge in [0.1, 0.15) is 0 Å². The third-order valence-corrected chi connectivity index (χ3v) is 5.23. The molecule has 1 saturated heterocycles. The number of benzene rings is 1. The molecule has 2 aliphatic rings. The van der Waals surface area contributed by atoms with E-state index in [1.807, 2.05) is 30.3 Å². The zero-order chi connectivity index (χ0) is 16.1. The first kappa shape index (κ1) is 16.6. The second kappa shape index (κ2) is 7.57. The molecule has 0 aromatic heterocycles. The Labute approximate surface area is 137 Å². The minimum Gasteiger partial charge on any atom is -0.379 e. The van der Waals surface area contributed by atoms with Gasteiger partial charge in [-0.1, -0.05) is 30.3 Å². The molecule has 1 heterocycles. The molecule has 126 valence electrons. The van der Waals surface area contributed by atoms with Gasteiger partial charge in [0.25, 0.3) is 0 Å². The van der Waals surface area contributed by atoms with Crippen molar-refractivity contribution in [2.24, 2.45) is 5.92 Å². The Balaban J connectivity index is 1.59. The van der Waals surface area contributed by atoms with Crippen molar-refractivity contribution in [3.8, 4) is 0 Å². The molecule has 0 bridgehead atoms. The molecule has 1 aliphatic carbocycles. The van der Waals surface area contributed by atoms with Crippen molar-refractivity contribution in [2.75, 3.05) is 19.8 Å². The van der Waals surface area contributed by atoms with Crippen LogP contribution in [0.1, 0.15) is 24.8 Å². The predicted octanol–water partition coefficient (Wildman–Crippen LogP) is 2.16. The van der Waals surface area contributed by atoms with E-state index < -0.39 is 10.0 Å². The van der Waals surface area contributed by atoms with Crippen LogP contribution in [0.15, 0.2) is 35.7 Å². The summed E-state index contributed by atoms with van der Waals surface area (Å²) in [4.78, 5) is 0. The second-order valence-corrected chi connectivity index (χ2v) is 7.76. The Morgan fingerprint density at radius 1 is 1.22 bits per heavy atom. The quantitative estimate of drug-likeness (QED) is 0.828. The Hall–Kier alpha value is -1.21. The molecule has 1 saturated carbocycles. The van der Waals surface area contributed by atoms with Gasteiger partial charge in [-0.3, -0.25) is 0 Å². The molecular weight excluding hydrogens is 314 g/mol. The normalized spacial score (nSPS) is 25.7. The maximum absolute atomic E-state index is 12.3. The summed E-state index contributed by atoms with van der Waals surface area (Å²) in [7, 11) is -3.50. The lowest BCUT2D eigenvalue weighted by Crippen LogP contribution is -2.49. The number of hydrogen-bond donors (Lipinski definition) is 1. The molecule has 1 N–H and O–H groups in total. The van der Waals surface area contributed by atoms with Gasteiger partial charge < -0.3 is 9.47 Å². The van der Waals surface area contributed by atoms with Gasteiger partial charge in [-0.25, -0.2) is 13.1 Å². The lowest BCUT2D eigenvalue weighted by Gasteiger charge is -2.31. The number of sulfonamides is 1. The van der Waals surface area contributed by atoms with E-state index in [-0.39, 0.29) is 12.1 Å². The third kappa shape index (κ3) is 5.42. The van der Waals surface area contributed by atoms with E-state index in [4.69, 9.17) is 9.47 Å². The first-order valence-corrected chi connectivity index (χ1v) is 9.62. The average Bonchev–Trinajstić information content (AvgIpc) is 3.37. The molecule has 0 unspecified atom stereocenters. The monoisotopic (exact) mass is 337 g/mol. The molecule has 1 aliphatic heterocycles. The highest BCUT2D eigenvalue weighted by molar-refractivity contribution is 7.92. The Morgan fingerprint density at radius 3 is 2.74 bits per heavy atom. The van der Waals surface area contributed by atoms with Crippen LogP contribution < -0.4 is 4.72 Å². The Kier molecular flexibility index (Phi) is 5.48. The average molecular weight is 337 g/mol. The van der Waals surface area contributed by atoms with E-state index in [1.165, 1.54) is 18.2 Å². The lowest BCUT2D eigenvalue weighted by atomic mass is 10.1. The molecule has 1 aromatic carbocycles. The number of rotatable bonds is 7. The van der Waals surface area contributed by atoms with Crippen molar-refractivity contribution in [3.05, 3.63) is 41.3 Å². The molecule has 3 rings (SSSR count). The number of hydrogen-bond acceptors (Lipinski definition) is 4. The van der Waals surface area contributed by atoms with Crippen LogP contribution in [-0.4, -0.2) is 40.4 Å². The van der Waals surface area contributed by atoms with E-state index in [1.54, 1.807) is 6.08 Å². The van der Waals surface area contributed by atoms with E-state index in [0.717, 1.165) is 5.56 Å². The largest absolute Gasteiger partial charge is 0.379 e. The third-order valence-electron chi connectivity index (χ3n) is 4.10. The molecule has 0 amide bonds. The molecule has 1 aromatic rings. The molecule has 0 spiro atoms. The number of nitrogens with one attached hydrogen (secondary N) is 1. The molecule has 2 atom stereocenters. The summed E-state index contributed by atoms with van der Waals surface area (Å²) in [6, 6.07) is 9.14. The minimum absolute atomic E-state index is 0.204. The maximum Gasteiger partial charge on any atom is 0.234 e. The summed E-state index contributed by atoms with van der Waals surface area (Å²) in [5.74, 6) is 0.646. The molecule has 23 heavy (non-hydrogen) atoms. The molecule has 0 radical (unpaired) electrons. The van der Waals surface area contributed by atoms with Crippen LogP contribution in [0.5, 0.6) is 0 Å². The lowest BCUT2D eigenvalue weighted by molar-refractivity contribution is -0.0671. The smallest absolute Gasteiger partial charge is 0.234 e. The summed E-state index contributed by atoms with van der Waals surface area (Å²) >= 11 is 0. The van der Waals surface area contributed by atoms with Gasteiger partial charge in [0.2, 0.25) is 10.0 Å². The van der Waals surface area contributed by atoms with Crippen LogP contribution in [0, 0.1) is 5.92 Å². The van der Waals surface area contributed by atoms with Crippen molar-refractivity contribution < 1.29 is 17.9 Å². The topological polar surface area (TPSA) is 64.6 Å². The fourth-order valence-corrected chi connectivity index (χ4v) is 3.64. The van der Waals surface area contributed by atoms with Crippen molar-refractivity contribution >= 4 is 16.1 Å². The van der Waals surface area contributed by atoms with Crippen LogP contribution >= 0.6 is 0 Å². The van der Waals surface area contributed by atoms with E-state index in [9.17, 15) is 8.42 Å². The summed E-state index contributed by atoms with van der Waals surface area (Å²) in [6.07, 6.45) is 4.45. The van der Waals surface area contributed by atoms with E-state index in [2.05, 4.69) is 4.72 Å². The fourth-order valence-electron chi connectivity index (χ4n) is 2.54. The highest BCUT2D eigenvalue weighted by Crippen LogP contribution is 2.29. The first-order valence-electron chi connectivity index (χ1n) is 8.07. The molecule has 2 fully saturated rings. The summed E-state index contributed by atoms with van der Waals surface area (Å²) in [5.41, 5.74) is 0.853. The van der Waals surface area contributed by atoms with Gasteiger partial charge in [-0.05, 0) is 36.8 Å². The van der Waals surface area contributed by atoms with Crippen molar-refractivity contribution in [3.63, 3.8) is 0 Å². The van der Waals surface area contributed by atoms with Crippen LogP contribution in [0.25, 0.3) is 6.08 Å². The second-order valence-electron chi connectivity index (χ2n) is 6.16. The zero-order valence-corrected chi connectivity index (χ0v) is 13.9. The first-order chi connectivity index (χ1) is 11.1. The summed E-state index contributed by atoms with van der Waals surface area (Å²) in [6.45, 7) is 1.70. The highest BCUT2D eigenvalue weighted by Gasteiger charge is 2.31. The number of ether oxygens (including phenoxy) is 2. The minimum atomic E-state index is -3.50. The Morgan fingerprint density at radius 2 is 2.00 bits per heavy atom. The predicted molar refractivity (Wildman–Crippen MR) is 89.2 cm³/mol. The summed E-state index contributed by atoms with van der Waals surface area (Å²) in [5, 5.41) is 1.22. The summed E-state index contributed by atoms with van der Waals surface area (Å²) < 4.78 is 38.6. The highest BCUT2D eigenvalue weighted by atomic mass is 32.2. The van der Waals surface area contributed by atoms with E-state index in [0.29, 0.717) is 32.2 Å². The fraction of sp³-hybridized carbons (Fsp3) is 0.529. The van der Waals surface area contributed by atoms with Crippen LogP contribution in [0.4, 0.5) is 0 Å². The molecule has 6 heteroatoms. The van der Waals surface area contributed by atoms with Crippen molar-refractivity contribution in [1.82, 2.24) is 4.72 Å². The van der Waals surface area contributed by atoms with Crippen LogP contribution in [0.2, 0.25) is 0 Å². The SMILES string of the molecule is O=S(=O)(C=Cc1ccccc1)N[C@@H]1CCOC[C@H]1OCC1CC1. The van der Waals surface area contributed by atoms with Crippen LogP contribution in [0.3, 0.4) is 0 Å². The van der Waals surface area contributed by atoms with Gasteiger partial charge in [-0.15, -0.1) is 0 Å². The van der Waals surface area contributed by atoms with Crippen molar-refractivity contribution in [2.45, 2.75) is 31.4 Å². The standard InChI is InChI=1S/C17H23NO4S/c19-23(20,11-9-14-4-2-1-3-5-14)18-16-8-10-21-13-17(16)22-12-15-6-7-15/h1-5,9,11,15-18H,6-8,10,12-13H2/t16-,17-/m1/s1. The van der Waals surface area contributed by atoms with Gasteiger partial charge >= 0.3 is 0 Å². The Bertz CT molecular complexity index is 625. The van der Waals surface area contributed by atoms with Crippen molar-refractivity contribution in [1.29, 1.82) is 0 Å². The molecule has 5 nitrogen and oxygen atoms in total. The zero-order valence-electron chi connectivity index (χ0n) is 13.1. The van der Waals surface area contributed by atoms with E-state index >= 15 is 0 Å². The van der Waals surface area contributed by atoms with Gasteiger partial charge in [0.15, 0.2) is 0 Å². The van der Waals surface area contributed by atoms with Gasteiger partial charge in [-0.2, -0.15) is 0 Å².